The van der Waals surface area contributed by atoms with E-state index in [0.29, 0.717) is 28.7 Å². The van der Waals surface area contributed by atoms with E-state index < -0.39 is 5.91 Å². The molecule has 2 aromatic carbocycles. The van der Waals surface area contributed by atoms with Gasteiger partial charge in [-0.3, -0.25) is 4.79 Å². The van der Waals surface area contributed by atoms with Gasteiger partial charge in [0.15, 0.2) is 0 Å². The summed E-state index contributed by atoms with van der Waals surface area (Å²) in [6, 6.07) is 12.1. The molecule has 0 fully saturated rings. The normalized spacial score (nSPS) is 10.2. The van der Waals surface area contributed by atoms with Crippen LogP contribution in [0.15, 0.2) is 42.5 Å². The summed E-state index contributed by atoms with van der Waals surface area (Å²) >= 11 is 5.91. The maximum atomic E-state index is 11.3. The summed E-state index contributed by atoms with van der Waals surface area (Å²) in [4.78, 5) is 11.3. The molecule has 2 N–H and O–H groups in total. The largest absolute Gasteiger partial charge is 0.493 e. The lowest BCUT2D eigenvalue weighted by atomic mass is 10.1. The van der Waals surface area contributed by atoms with Crippen molar-refractivity contribution in [1.29, 1.82) is 0 Å². The minimum Gasteiger partial charge on any atom is -0.493 e. The number of hydrogen-bond acceptors (Lipinski definition) is 3. The summed E-state index contributed by atoms with van der Waals surface area (Å²) in [7, 11) is 0. The average Bonchev–Trinajstić information content (AvgIpc) is 2.46. The van der Waals surface area contributed by atoms with Gasteiger partial charge in [-0.05, 0) is 43.3 Å². The Morgan fingerprint density at radius 1 is 1.19 bits per heavy atom. The molecule has 5 heteroatoms. The first-order chi connectivity index (χ1) is 10.1. The number of carbonyl (C=O) groups is 1. The number of halogens is 1. The first kappa shape index (κ1) is 15.2. The summed E-state index contributed by atoms with van der Waals surface area (Å²) in [5.74, 6) is 0.834. The molecule has 2 aromatic rings. The molecule has 0 bridgehead atoms. The van der Waals surface area contributed by atoms with Gasteiger partial charge in [0.2, 0.25) is 5.91 Å². The zero-order chi connectivity index (χ0) is 15.2. The third-order valence-electron chi connectivity index (χ3n) is 2.84. The summed E-state index contributed by atoms with van der Waals surface area (Å²) in [5, 5.41) is 0.600. The van der Waals surface area contributed by atoms with E-state index in [-0.39, 0.29) is 6.61 Å². The molecule has 1 amide bonds. The van der Waals surface area contributed by atoms with E-state index in [9.17, 15) is 4.79 Å². The Morgan fingerprint density at radius 2 is 2.00 bits per heavy atom. The molecule has 0 saturated carbocycles. The van der Waals surface area contributed by atoms with Gasteiger partial charge in [-0.25, -0.2) is 0 Å². The number of ether oxygens (including phenoxy) is 2. The highest BCUT2D eigenvalue weighted by Gasteiger charge is 2.09. The maximum Gasteiger partial charge on any atom is 0.248 e. The van der Waals surface area contributed by atoms with Crippen molar-refractivity contribution in [2.24, 2.45) is 5.73 Å². The van der Waals surface area contributed by atoms with E-state index >= 15 is 0 Å². The Bertz CT molecular complexity index is 643. The van der Waals surface area contributed by atoms with Crippen molar-refractivity contribution in [3.05, 3.63) is 58.6 Å². The molecule has 0 radical (unpaired) electrons. The molecule has 0 aromatic heterocycles. The van der Waals surface area contributed by atoms with Crippen LogP contribution in [0.1, 0.15) is 22.8 Å². The number of benzene rings is 2. The smallest absolute Gasteiger partial charge is 0.248 e. The fourth-order valence-corrected chi connectivity index (χ4v) is 2.04. The predicted octanol–water partition coefficient (Wildman–Crippen LogP) is 3.42. The van der Waals surface area contributed by atoms with Crippen molar-refractivity contribution in [1.82, 2.24) is 0 Å². The van der Waals surface area contributed by atoms with Crippen LogP contribution in [0.25, 0.3) is 0 Å². The van der Waals surface area contributed by atoms with Gasteiger partial charge in [-0.15, -0.1) is 0 Å². The van der Waals surface area contributed by atoms with Crippen LogP contribution in [0.2, 0.25) is 5.02 Å². The highest BCUT2D eigenvalue weighted by molar-refractivity contribution is 6.30. The fraction of sp³-hybridized carbons (Fsp3) is 0.188. The lowest BCUT2D eigenvalue weighted by Gasteiger charge is -2.12. The predicted molar refractivity (Wildman–Crippen MR) is 81.9 cm³/mol. The molecule has 4 nitrogen and oxygen atoms in total. The van der Waals surface area contributed by atoms with E-state index in [1.807, 2.05) is 13.0 Å². The lowest BCUT2D eigenvalue weighted by Crippen LogP contribution is -2.12. The summed E-state index contributed by atoms with van der Waals surface area (Å²) in [5.41, 5.74) is 6.47. The molecule has 2 rings (SSSR count). The van der Waals surface area contributed by atoms with Gasteiger partial charge in [-0.1, -0.05) is 17.7 Å². The van der Waals surface area contributed by atoms with Gasteiger partial charge in [0.05, 0.1) is 6.61 Å². The third kappa shape index (κ3) is 4.13. The number of carbonyl (C=O) groups excluding carboxylic acids is 1. The average molecular weight is 306 g/mol. The van der Waals surface area contributed by atoms with E-state index in [4.69, 9.17) is 26.8 Å². The van der Waals surface area contributed by atoms with Crippen LogP contribution in [0.4, 0.5) is 0 Å². The second kappa shape index (κ2) is 6.99. The maximum absolute atomic E-state index is 11.3. The molecule has 0 spiro atoms. The zero-order valence-corrected chi connectivity index (χ0v) is 12.4. The topological polar surface area (TPSA) is 61.5 Å². The van der Waals surface area contributed by atoms with Crippen LogP contribution >= 0.6 is 11.6 Å². The molecule has 0 atom stereocenters. The first-order valence-corrected chi connectivity index (χ1v) is 6.92. The van der Waals surface area contributed by atoms with Crippen LogP contribution in [-0.4, -0.2) is 12.5 Å². The molecular weight excluding hydrogens is 290 g/mol. The third-order valence-corrected chi connectivity index (χ3v) is 3.07. The van der Waals surface area contributed by atoms with Crippen molar-refractivity contribution < 1.29 is 14.3 Å². The Morgan fingerprint density at radius 3 is 2.67 bits per heavy atom. The zero-order valence-electron chi connectivity index (χ0n) is 11.6. The summed E-state index contributed by atoms with van der Waals surface area (Å²) in [6.45, 7) is 2.68. The Labute approximate surface area is 128 Å². The number of hydrogen-bond donors (Lipinski definition) is 1. The van der Waals surface area contributed by atoms with Crippen molar-refractivity contribution in [3.63, 3.8) is 0 Å². The van der Waals surface area contributed by atoms with Crippen molar-refractivity contribution in [2.75, 3.05) is 6.61 Å². The minimum atomic E-state index is -0.484. The van der Waals surface area contributed by atoms with Crippen LogP contribution in [-0.2, 0) is 6.61 Å². The molecule has 0 heterocycles. The monoisotopic (exact) mass is 305 g/mol. The Kier molecular flexibility index (Phi) is 5.06. The molecular formula is C16H16ClNO3. The van der Waals surface area contributed by atoms with Crippen LogP contribution in [0.5, 0.6) is 11.5 Å². The highest BCUT2D eigenvalue weighted by Crippen LogP contribution is 2.24. The standard InChI is InChI=1S/C16H16ClNO3/c1-2-20-15-7-6-11(16(18)19)8-12(15)10-21-14-5-3-4-13(17)9-14/h3-9H,2,10H2,1H3,(H2,18,19). The van der Waals surface area contributed by atoms with Crippen molar-refractivity contribution in [2.45, 2.75) is 13.5 Å². The molecule has 0 aliphatic rings. The van der Waals surface area contributed by atoms with E-state index in [1.165, 1.54) is 0 Å². The van der Waals surface area contributed by atoms with Gasteiger partial charge in [0.1, 0.15) is 18.1 Å². The van der Waals surface area contributed by atoms with Gasteiger partial charge in [-0.2, -0.15) is 0 Å². The SMILES string of the molecule is CCOc1ccc(C(N)=O)cc1COc1cccc(Cl)c1. The van der Waals surface area contributed by atoms with Gasteiger partial charge in [0, 0.05) is 16.1 Å². The highest BCUT2D eigenvalue weighted by atomic mass is 35.5. The number of nitrogens with two attached hydrogens (primary N) is 1. The van der Waals surface area contributed by atoms with Crippen molar-refractivity contribution in [3.8, 4) is 11.5 Å². The van der Waals surface area contributed by atoms with E-state index in [1.54, 1.807) is 36.4 Å². The first-order valence-electron chi connectivity index (χ1n) is 6.54. The number of primary amides is 1. The van der Waals surface area contributed by atoms with Crippen LogP contribution in [0, 0.1) is 0 Å². The van der Waals surface area contributed by atoms with E-state index in [0.717, 1.165) is 5.56 Å². The lowest BCUT2D eigenvalue weighted by molar-refractivity contribution is 0.1000. The Hall–Kier alpha value is -2.20. The van der Waals surface area contributed by atoms with Crippen molar-refractivity contribution >= 4 is 17.5 Å². The number of amides is 1. The second-order valence-corrected chi connectivity index (χ2v) is 4.80. The summed E-state index contributed by atoms with van der Waals surface area (Å²) in [6.07, 6.45) is 0. The van der Waals surface area contributed by atoms with Gasteiger partial charge in [0.25, 0.3) is 0 Å². The second-order valence-electron chi connectivity index (χ2n) is 4.37. The quantitative estimate of drug-likeness (QED) is 0.889. The summed E-state index contributed by atoms with van der Waals surface area (Å²) < 4.78 is 11.2. The fourth-order valence-electron chi connectivity index (χ4n) is 1.86. The van der Waals surface area contributed by atoms with Gasteiger partial charge < -0.3 is 15.2 Å². The van der Waals surface area contributed by atoms with E-state index in [2.05, 4.69) is 0 Å². The molecule has 0 saturated heterocycles. The molecule has 110 valence electrons. The molecule has 21 heavy (non-hydrogen) atoms. The van der Waals surface area contributed by atoms with Crippen LogP contribution < -0.4 is 15.2 Å². The Balaban J connectivity index is 2.20. The molecule has 0 aliphatic carbocycles. The van der Waals surface area contributed by atoms with Gasteiger partial charge >= 0.3 is 0 Å². The molecule has 0 unspecified atom stereocenters. The molecule has 0 aliphatic heterocycles. The van der Waals surface area contributed by atoms with Crippen LogP contribution in [0.3, 0.4) is 0 Å². The minimum absolute atomic E-state index is 0.261. The number of rotatable bonds is 6.